The van der Waals surface area contributed by atoms with E-state index in [4.69, 9.17) is 5.73 Å². The molecule has 1 atom stereocenters. The van der Waals surface area contributed by atoms with Crippen molar-refractivity contribution in [2.45, 2.75) is 29.9 Å². The molecule has 0 spiro atoms. The number of fused-ring (bicyclic) bond motifs is 1. The zero-order valence-electron chi connectivity index (χ0n) is 11.1. The van der Waals surface area contributed by atoms with E-state index in [9.17, 15) is 8.60 Å². The van der Waals surface area contributed by atoms with Crippen LogP contribution in [0.15, 0.2) is 41.3 Å². The largest absolute Gasteiger partial charge is 0.399 e. The molecule has 1 unspecified atom stereocenters. The third-order valence-corrected chi connectivity index (χ3v) is 4.99. The molecule has 0 saturated carbocycles. The second kappa shape index (κ2) is 5.37. The normalized spacial score (nSPS) is 15.1. The number of hydrogen-bond acceptors (Lipinski definition) is 2. The van der Waals surface area contributed by atoms with Gasteiger partial charge in [-0.1, -0.05) is 6.07 Å². The van der Waals surface area contributed by atoms with E-state index >= 15 is 0 Å². The molecular weight excluding hydrogens is 273 g/mol. The highest BCUT2D eigenvalue weighted by Gasteiger charge is 2.14. The molecule has 2 aromatic carbocycles. The Morgan fingerprint density at radius 2 is 1.90 bits per heavy atom. The number of aryl methyl sites for hydroxylation is 2. The van der Waals surface area contributed by atoms with Gasteiger partial charge in [0.15, 0.2) is 0 Å². The highest BCUT2D eigenvalue weighted by atomic mass is 32.2. The standard InChI is InChI=1S/C16H16FNOS/c17-14-6-11(7-15(18)9-14)10-20(19)16-5-4-12-2-1-3-13(12)8-16/h4-9H,1-3,10,18H2. The first kappa shape index (κ1) is 13.3. The lowest BCUT2D eigenvalue weighted by atomic mass is 10.1. The van der Waals surface area contributed by atoms with E-state index < -0.39 is 10.8 Å². The molecule has 2 aromatic rings. The smallest absolute Gasteiger partial charge is 0.125 e. The zero-order chi connectivity index (χ0) is 14.1. The molecule has 2 N–H and O–H groups in total. The van der Waals surface area contributed by atoms with Crippen LogP contribution < -0.4 is 5.73 Å². The van der Waals surface area contributed by atoms with E-state index in [0.29, 0.717) is 17.0 Å². The highest BCUT2D eigenvalue weighted by molar-refractivity contribution is 7.84. The van der Waals surface area contributed by atoms with Gasteiger partial charge >= 0.3 is 0 Å². The first-order valence-electron chi connectivity index (χ1n) is 6.67. The minimum Gasteiger partial charge on any atom is -0.399 e. The first-order chi connectivity index (χ1) is 9.61. The van der Waals surface area contributed by atoms with E-state index in [-0.39, 0.29) is 5.82 Å². The molecule has 4 heteroatoms. The summed E-state index contributed by atoms with van der Waals surface area (Å²) in [5.41, 5.74) is 9.31. The quantitative estimate of drug-likeness (QED) is 0.882. The lowest BCUT2D eigenvalue weighted by Gasteiger charge is -2.06. The third-order valence-electron chi connectivity index (χ3n) is 3.61. The molecule has 0 aliphatic heterocycles. The molecule has 0 fully saturated rings. The summed E-state index contributed by atoms with van der Waals surface area (Å²) in [7, 11) is -1.17. The van der Waals surface area contributed by atoms with Gasteiger partial charge in [0.1, 0.15) is 5.82 Å². The van der Waals surface area contributed by atoms with Gasteiger partial charge in [-0.2, -0.15) is 0 Å². The summed E-state index contributed by atoms with van der Waals surface area (Å²) in [5.74, 6) is -0.0910. The van der Waals surface area contributed by atoms with Crippen LogP contribution in [0.1, 0.15) is 23.1 Å². The number of hydrogen-bond donors (Lipinski definition) is 1. The van der Waals surface area contributed by atoms with Gasteiger partial charge in [0.2, 0.25) is 0 Å². The average molecular weight is 289 g/mol. The van der Waals surface area contributed by atoms with Crippen LogP contribution >= 0.6 is 0 Å². The van der Waals surface area contributed by atoms with Gasteiger partial charge in [-0.15, -0.1) is 0 Å². The summed E-state index contributed by atoms with van der Waals surface area (Å²) in [4.78, 5) is 0.813. The molecule has 3 rings (SSSR count). The van der Waals surface area contributed by atoms with Gasteiger partial charge in [0, 0.05) is 10.6 Å². The van der Waals surface area contributed by atoms with Crippen molar-refractivity contribution in [1.82, 2.24) is 0 Å². The van der Waals surface area contributed by atoms with E-state index in [1.807, 2.05) is 12.1 Å². The van der Waals surface area contributed by atoms with E-state index in [2.05, 4.69) is 6.07 Å². The minimum atomic E-state index is -1.17. The Labute approximate surface area is 120 Å². The molecule has 0 heterocycles. The molecule has 1 aliphatic carbocycles. The Morgan fingerprint density at radius 3 is 2.70 bits per heavy atom. The van der Waals surface area contributed by atoms with Crippen LogP contribution in [0, 0.1) is 5.82 Å². The predicted molar refractivity (Wildman–Crippen MR) is 79.4 cm³/mol. The minimum absolute atomic E-state index is 0.292. The van der Waals surface area contributed by atoms with E-state index in [1.165, 1.54) is 29.7 Å². The molecule has 0 bridgehead atoms. The van der Waals surface area contributed by atoms with Crippen LogP contribution in [0.4, 0.5) is 10.1 Å². The van der Waals surface area contributed by atoms with Gasteiger partial charge < -0.3 is 5.73 Å². The van der Waals surface area contributed by atoms with Gasteiger partial charge in [-0.05, 0) is 66.3 Å². The monoisotopic (exact) mass is 289 g/mol. The number of nitrogen functional groups attached to an aromatic ring is 1. The van der Waals surface area contributed by atoms with Crippen LogP contribution in [-0.4, -0.2) is 4.21 Å². The lowest BCUT2D eigenvalue weighted by Crippen LogP contribution is -1.99. The fourth-order valence-electron chi connectivity index (χ4n) is 2.68. The number of benzene rings is 2. The topological polar surface area (TPSA) is 43.1 Å². The van der Waals surface area contributed by atoms with Gasteiger partial charge in [-0.25, -0.2) is 4.39 Å². The molecule has 2 nitrogen and oxygen atoms in total. The maximum absolute atomic E-state index is 13.3. The number of anilines is 1. The summed E-state index contributed by atoms with van der Waals surface area (Å²) < 4.78 is 25.7. The molecule has 20 heavy (non-hydrogen) atoms. The average Bonchev–Trinajstić information content (AvgIpc) is 2.84. The van der Waals surface area contributed by atoms with Crippen molar-refractivity contribution in [3.8, 4) is 0 Å². The lowest BCUT2D eigenvalue weighted by molar-refractivity contribution is 0.627. The van der Waals surface area contributed by atoms with Gasteiger partial charge in [0.25, 0.3) is 0 Å². The summed E-state index contributed by atoms with van der Waals surface area (Å²) in [5, 5.41) is 0. The second-order valence-corrected chi connectivity index (χ2v) is 6.62. The summed E-state index contributed by atoms with van der Waals surface area (Å²) in [6, 6.07) is 10.3. The molecule has 0 radical (unpaired) electrons. The fraction of sp³-hybridized carbons (Fsp3) is 0.250. The van der Waals surface area contributed by atoms with Crippen LogP contribution in [-0.2, 0) is 29.4 Å². The van der Waals surface area contributed by atoms with Crippen LogP contribution in [0.2, 0.25) is 0 Å². The zero-order valence-corrected chi connectivity index (χ0v) is 11.9. The maximum Gasteiger partial charge on any atom is 0.125 e. The Bertz CT molecular complexity index is 664. The molecule has 0 amide bonds. The highest BCUT2D eigenvalue weighted by Crippen LogP contribution is 2.25. The summed E-state index contributed by atoms with van der Waals surface area (Å²) in [6.07, 6.45) is 3.35. The van der Waals surface area contributed by atoms with Crippen LogP contribution in [0.3, 0.4) is 0 Å². The molecule has 104 valence electrons. The van der Waals surface area contributed by atoms with Crippen LogP contribution in [0.5, 0.6) is 0 Å². The second-order valence-electron chi connectivity index (χ2n) is 5.17. The molecule has 0 aromatic heterocycles. The van der Waals surface area contributed by atoms with Gasteiger partial charge in [0.05, 0.1) is 16.6 Å². The maximum atomic E-state index is 13.3. The Balaban J connectivity index is 1.82. The van der Waals surface area contributed by atoms with Crippen molar-refractivity contribution in [2.75, 3.05) is 5.73 Å². The van der Waals surface area contributed by atoms with Crippen molar-refractivity contribution in [2.24, 2.45) is 0 Å². The van der Waals surface area contributed by atoms with Crippen molar-refractivity contribution >= 4 is 16.5 Å². The summed E-state index contributed by atoms with van der Waals surface area (Å²) >= 11 is 0. The number of rotatable bonds is 3. The first-order valence-corrected chi connectivity index (χ1v) is 7.99. The molecule has 0 saturated heterocycles. The predicted octanol–water partition coefficient (Wildman–Crippen LogP) is 3.20. The Morgan fingerprint density at radius 1 is 1.10 bits per heavy atom. The van der Waals surface area contributed by atoms with Crippen molar-refractivity contribution < 1.29 is 8.60 Å². The molecular formula is C16H16FNOS. The van der Waals surface area contributed by atoms with Crippen molar-refractivity contribution in [1.29, 1.82) is 0 Å². The number of halogens is 1. The Hall–Kier alpha value is -1.68. The van der Waals surface area contributed by atoms with E-state index in [1.54, 1.807) is 6.07 Å². The molecule has 1 aliphatic rings. The third kappa shape index (κ3) is 2.75. The Kier molecular flexibility index (Phi) is 3.57. The van der Waals surface area contributed by atoms with Crippen molar-refractivity contribution in [3.05, 3.63) is 58.9 Å². The SMILES string of the molecule is Nc1cc(F)cc(CS(=O)c2ccc3c(c2)CCC3)c1. The van der Waals surface area contributed by atoms with Crippen molar-refractivity contribution in [3.63, 3.8) is 0 Å². The summed E-state index contributed by atoms with van der Waals surface area (Å²) in [6.45, 7) is 0. The number of nitrogens with two attached hydrogens (primary N) is 1. The van der Waals surface area contributed by atoms with E-state index in [0.717, 1.165) is 17.7 Å². The van der Waals surface area contributed by atoms with Gasteiger partial charge in [-0.3, -0.25) is 4.21 Å². The fourth-order valence-corrected chi connectivity index (χ4v) is 3.81. The van der Waals surface area contributed by atoms with Crippen LogP contribution in [0.25, 0.3) is 0 Å².